The second-order valence-corrected chi connectivity index (χ2v) is 11.2. The van der Waals surface area contributed by atoms with Gasteiger partial charge in [-0.25, -0.2) is 0 Å². The molecule has 1 aliphatic heterocycles. The number of H-pyrrole nitrogens is 1. The van der Waals surface area contributed by atoms with Crippen LogP contribution in [0.2, 0.25) is 0 Å². The monoisotopic (exact) mass is 635 g/mol. The number of hydrogen-bond donors (Lipinski definition) is 1. The minimum Gasteiger partial charge on any atom is -0.463 e. The summed E-state index contributed by atoms with van der Waals surface area (Å²) >= 11 is 0. The Morgan fingerprint density at radius 1 is 0.761 bits per heavy atom. The molecular formula is C33H35N2O11+. The molecule has 242 valence electrons. The van der Waals surface area contributed by atoms with E-state index in [2.05, 4.69) is 4.98 Å². The molecule has 5 rings (SSSR count). The molecule has 13 nitrogen and oxygen atoms in total. The molecule has 5 atom stereocenters. The summed E-state index contributed by atoms with van der Waals surface area (Å²) in [6.45, 7) is 9.73. The molecule has 4 aromatic rings. The number of nitrogens with one attached hydrogen (secondary N) is 1. The van der Waals surface area contributed by atoms with E-state index in [1.165, 1.54) is 34.6 Å². The lowest BCUT2D eigenvalue weighted by molar-refractivity contribution is -0.776. The van der Waals surface area contributed by atoms with Gasteiger partial charge in [-0.2, -0.15) is 4.57 Å². The van der Waals surface area contributed by atoms with E-state index in [0.717, 1.165) is 43.7 Å². The van der Waals surface area contributed by atoms with Crippen molar-refractivity contribution >= 4 is 62.4 Å². The van der Waals surface area contributed by atoms with Gasteiger partial charge in [-0.1, -0.05) is 0 Å². The number of aromatic amines is 1. The lowest BCUT2D eigenvalue weighted by Crippen LogP contribution is -2.65. The van der Waals surface area contributed by atoms with Crippen LogP contribution in [0.1, 0.15) is 52.0 Å². The van der Waals surface area contributed by atoms with Gasteiger partial charge in [0.05, 0.1) is 5.52 Å². The van der Waals surface area contributed by atoms with Crippen molar-refractivity contribution in [3.05, 3.63) is 47.8 Å². The minimum atomic E-state index is -1.30. The molecule has 0 aliphatic carbocycles. The highest BCUT2D eigenvalue weighted by molar-refractivity contribution is 6.16. The molecule has 3 heterocycles. The van der Waals surface area contributed by atoms with Gasteiger partial charge in [0.1, 0.15) is 18.5 Å². The highest BCUT2D eigenvalue weighted by Gasteiger charge is 2.56. The van der Waals surface area contributed by atoms with Crippen molar-refractivity contribution in [2.45, 2.75) is 79.1 Å². The molecule has 0 saturated carbocycles. The predicted octanol–water partition coefficient (Wildman–Crippen LogP) is 3.56. The average Bonchev–Trinajstić information content (AvgIpc) is 3.35. The number of hydrogen-bond acceptors (Lipinski definition) is 11. The summed E-state index contributed by atoms with van der Waals surface area (Å²) in [4.78, 5) is 63.6. The maximum absolute atomic E-state index is 12.4. The number of fused-ring (bicyclic) bond motifs is 4. The van der Waals surface area contributed by atoms with Crippen LogP contribution in [-0.2, 0) is 47.7 Å². The fourth-order valence-electron chi connectivity index (χ4n) is 6.08. The molecule has 1 aliphatic rings. The summed E-state index contributed by atoms with van der Waals surface area (Å²) in [6, 6.07) is 7.28. The van der Waals surface area contributed by atoms with Gasteiger partial charge in [0, 0.05) is 62.4 Å². The van der Waals surface area contributed by atoms with E-state index in [1.807, 2.05) is 38.2 Å². The van der Waals surface area contributed by atoms with E-state index in [4.69, 9.17) is 28.4 Å². The average molecular weight is 636 g/mol. The quantitative estimate of drug-likeness (QED) is 0.137. The Balaban J connectivity index is 1.69. The second-order valence-electron chi connectivity index (χ2n) is 11.2. The first-order chi connectivity index (χ1) is 21.7. The highest BCUT2D eigenvalue weighted by Crippen LogP contribution is 2.38. The van der Waals surface area contributed by atoms with E-state index in [0.29, 0.717) is 5.75 Å². The Morgan fingerprint density at radius 3 is 2.04 bits per heavy atom. The number of benzene rings is 2. The van der Waals surface area contributed by atoms with E-state index in [1.54, 1.807) is 16.8 Å². The molecule has 0 unspecified atom stereocenters. The van der Waals surface area contributed by atoms with Crippen molar-refractivity contribution in [2.24, 2.45) is 0 Å². The van der Waals surface area contributed by atoms with Crippen LogP contribution in [0.15, 0.2) is 36.7 Å². The van der Waals surface area contributed by atoms with E-state index in [9.17, 15) is 24.0 Å². The Morgan fingerprint density at radius 2 is 1.41 bits per heavy atom. The van der Waals surface area contributed by atoms with Gasteiger partial charge in [-0.15, -0.1) is 0 Å². The van der Waals surface area contributed by atoms with Crippen LogP contribution in [-0.4, -0.2) is 65.9 Å². The summed E-state index contributed by atoms with van der Waals surface area (Å²) in [5.41, 5.74) is 3.65. The Bertz CT molecular complexity index is 1900. The summed E-state index contributed by atoms with van der Waals surface area (Å²) in [6.07, 6.45) is -2.44. The highest BCUT2D eigenvalue weighted by atomic mass is 16.7. The zero-order valence-corrected chi connectivity index (χ0v) is 26.5. The number of aryl methyl sites for hydroxylation is 2. The summed E-state index contributed by atoms with van der Waals surface area (Å²) in [7, 11) is 0. The standard InChI is InChI=1S/C33H34N2O11/c1-15-25-13-35(11-10-23(25)16(2)29-28(15)24-12-22(42-18(4)37)8-9-26(24)34-29)33-32(45-21(7)40)31(44-20(6)39)30(43-19(5)38)27(46-33)14-41-17(3)36/h8-13,27,30-33H,14H2,1-7H3/p+1/t27-,30+,31+,32+,33+/m1/s1. The predicted molar refractivity (Wildman–Crippen MR) is 161 cm³/mol. The van der Waals surface area contributed by atoms with Crippen molar-refractivity contribution in [1.82, 2.24) is 4.98 Å². The fraction of sp³-hybridized carbons (Fsp3) is 0.394. The maximum atomic E-state index is 12.4. The first-order valence-corrected chi connectivity index (χ1v) is 14.6. The molecule has 1 fully saturated rings. The summed E-state index contributed by atoms with van der Waals surface area (Å²) in [5.74, 6) is -2.72. The number of esters is 5. The number of ether oxygens (including phenoxy) is 6. The fourth-order valence-corrected chi connectivity index (χ4v) is 6.08. The van der Waals surface area contributed by atoms with Crippen LogP contribution < -0.4 is 9.30 Å². The van der Waals surface area contributed by atoms with Gasteiger partial charge < -0.3 is 33.4 Å². The third-order valence-electron chi connectivity index (χ3n) is 7.83. The number of nitrogens with zero attached hydrogens (tertiary/aromatic N) is 1. The van der Waals surface area contributed by atoms with E-state index >= 15 is 0 Å². The number of carbonyl (C=O) groups excluding carboxylic acids is 5. The van der Waals surface area contributed by atoms with Gasteiger partial charge in [-0.05, 0) is 48.6 Å². The molecule has 0 spiro atoms. The van der Waals surface area contributed by atoms with E-state index in [-0.39, 0.29) is 6.61 Å². The molecule has 2 aromatic carbocycles. The Hall–Kier alpha value is -5.04. The molecule has 0 radical (unpaired) electrons. The van der Waals surface area contributed by atoms with Gasteiger partial charge >= 0.3 is 36.1 Å². The number of aromatic nitrogens is 2. The van der Waals surface area contributed by atoms with Crippen LogP contribution in [0, 0.1) is 13.8 Å². The molecule has 1 saturated heterocycles. The van der Waals surface area contributed by atoms with Crippen molar-refractivity contribution in [1.29, 1.82) is 0 Å². The van der Waals surface area contributed by atoms with Crippen LogP contribution in [0.3, 0.4) is 0 Å². The van der Waals surface area contributed by atoms with Crippen molar-refractivity contribution in [2.75, 3.05) is 6.61 Å². The topological polar surface area (TPSA) is 160 Å². The van der Waals surface area contributed by atoms with Gasteiger partial charge in [-0.3, -0.25) is 24.0 Å². The van der Waals surface area contributed by atoms with Crippen LogP contribution >= 0.6 is 0 Å². The largest absolute Gasteiger partial charge is 0.463 e. The smallest absolute Gasteiger partial charge is 0.308 e. The number of rotatable bonds is 7. The van der Waals surface area contributed by atoms with Gasteiger partial charge in [0.2, 0.25) is 6.10 Å². The number of pyridine rings is 1. The van der Waals surface area contributed by atoms with Crippen molar-refractivity contribution in [3.8, 4) is 5.75 Å². The third kappa shape index (κ3) is 6.36. The van der Waals surface area contributed by atoms with Crippen LogP contribution in [0.4, 0.5) is 0 Å². The first kappa shape index (κ1) is 32.4. The SMILES string of the molecule is CC(=O)OC[C@H]1O[C@H]([n+]2ccc3c(C)c4[nH]c5ccc(OC(C)=O)cc5c4c(C)c3c2)[C@@H](OC(C)=O)[C@@H](OC(C)=O)[C@H]1OC(C)=O. The maximum Gasteiger partial charge on any atom is 0.308 e. The molecule has 13 heteroatoms. The normalized spacial score (nSPS) is 21.2. The van der Waals surface area contributed by atoms with Gasteiger partial charge in [0.15, 0.2) is 24.6 Å². The van der Waals surface area contributed by atoms with Crippen molar-refractivity contribution < 1.29 is 57.0 Å². The second kappa shape index (κ2) is 12.8. The Kier molecular flexibility index (Phi) is 8.97. The van der Waals surface area contributed by atoms with Gasteiger partial charge in [0.25, 0.3) is 0 Å². The first-order valence-electron chi connectivity index (χ1n) is 14.6. The lowest BCUT2D eigenvalue weighted by Gasteiger charge is -2.41. The summed E-state index contributed by atoms with van der Waals surface area (Å²) < 4.78 is 35.4. The molecule has 0 amide bonds. The third-order valence-corrected chi connectivity index (χ3v) is 7.83. The van der Waals surface area contributed by atoms with Crippen LogP contribution in [0.5, 0.6) is 5.75 Å². The van der Waals surface area contributed by atoms with E-state index < -0.39 is 60.5 Å². The zero-order chi connectivity index (χ0) is 33.4. The Labute approximate surface area is 263 Å². The van der Waals surface area contributed by atoms with Crippen molar-refractivity contribution in [3.63, 3.8) is 0 Å². The number of carbonyl (C=O) groups is 5. The zero-order valence-electron chi connectivity index (χ0n) is 26.5. The molecule has 0 bridgehead atoms. The molecule has 2 aromatic heterocycles. The molecule has 1 N–H and O–H groups in total. The molecular weight excluding hydrogens is 600 g/mol. The summed E-state index contributed by atoms with van der Waals surface area (Å²) in [5, 5.41) is 3.55. The molecule has 46 heavy (non-hydrogen) atoms. The lowest BCUT2D eigenvalue weighted by atomic mass is 9.95. The van der Waals surface area contributed by atoms with Crippen LogP contribution in [0.25, 0.3) is 32.6 Å². The minimum absolute atomic E-state index is 0.332.